The van der Waals surface area contributed by atoms with Gasteiger partial charge in [-0.25, -0.2) is 0 Å². The van der Waals surface area contributed by atoms with E-state index < -0.39 is 0 Å². The van der Waals surface area contributed by atoms with Gasteiger partial charge in [0.2, 0.25) is 5.75 Å². The summed E-state index contributed by atoms with van der Waals surface area (Å²) in [6.07, 6.45) is 2.49. The maximum Gasteiger partial charge on any atom is 0.200 e. The van der Waals surface area contributed by atoms with E-state index in [1.54, 1.807) is 0 Å². The molecule has 170 valence electrons. The molecule has 4 rings (SSSR count). The topological polar surface area (TPSA) is 54.3 Å². The summed E-state index contributed by atoms with van der Waals surface area (Å²) in [6, 6.07) is 22.8. The van der Waals surface area contributed by atoms with Crippen LogP contribution < -0.4 is 14.4 Å². The Hall–Kier alpha value is -3.73. The van der Waals surface area contributed by atoms with E-state index >= 15 is 0 Å². The number of rotatable bonds is 8. The summed E-state index contributed by atoms with van der Waals surface area (Å²) < 4.78 is 10.7. The number of phenolic OH excluding ortho intramolecular Hbond substituents is 1. The molecule has 1 heterocycles. The van der Waals surface area contributed by atoms with Crippen molar-refractivity contribution in [3.8, 4) is 17.2 Å². The second kappa shape index (κ2) is 9.82. The number of aromatic hydroxyl groups is 1. The molecule has 5 heteroatoms. The second-order valence-electron chi connectivity index (χ2n) is 8.32. The Labute approximate surface area is 195 Å². The van der Waals surface area contributed by atoms with Crippen LogP contribution in [0.3, 0.4) is 0 Å². The molecular formula is C28H30N2O3. The predicted octanol–water partition coefficient (Wildman–Crippen LogP) is 5.71. The van der Waals surface area contributed by atoms with E-state index in [0.717, 1.165) is 35.5 Å². The van der Waals surface area contributed by atoms with Gasteiger partial charge in [-0.2, -0.15) is 0 Å². The van der Waals surface area contributed by atoms with Gasteiger partial charge in [0.05, 0.1) is 19.9 Å². The molecule has 0 saturated carbocycles. The van der Waals surface area contributed by atoms with Crippen LogP contribution in [0.25, 0.3) is 5.57 Å². The van der Waals surface area contributed by atoms with Crippen molar-refractivity contribution in [2.75, 3.05) is 33.2 Å². The monoisotopic (exact) mass is 442 g/mol. The highest BCUT2D eigenvalue weighted by atomic mass is 16.5. The van der Waals surface area contributed by atoms with Gasteiger partial charge in [-0.3, -0.25) is 4.99 Å². The van der Waals surface area contributed by atoms with Crippen molar-refractivity contribution >= 4 is 17.0 Å². The maximum absolute atomic E-state index is 10.3. The van der Waals surface area contributed by atoms with Crippen LogP contribution in [0.1, 0.15) is 29.5 Å². The van der Waals surface area contributed by atoms with Gasteiger partial charge in [0.15, 0.2) is 11.5 Å². The van der Waals surface area contributed by atoms with Crippen molar-refractivity contribution in [2.24, 2.45) is 4.99 Å². The highest BCUT2D eigenvalue weighted by molar-refractivity contribution is 6.10. The fourth-order valence-electron chi connectivity index (χ4n) is 4.11. The Kier molecular flexibility index (Phi) is 6.68. The second-order valence-corrected chi connectivity index (χ2v) is 8.32. The summed E-state index contributed by atoms with van der Waals surface area (Å²) in [5.41, 5.74) is 7.80. The molecule has 0 spiro atoms. The quantitative estimate of drug-likeness (QED) is 0.485. The summed E-state index contributed by atoms with van der Waals surface area (Å²) in [5, 5.41) is 10.3. The number of anilines is 1. The Morgan fingerprint density at radius 1 is 0.848 bits per heavy atom. The first kappa shape index (κ1) is 22.5. The number of aliphatic imine (C=N–C) groups is 1. The first-order chi connectivity index (χ1) is 16.0. The van der Waals surface area contributed by atoms with Crippen molar-refractivity contribution in [2.45, 2.75) is 19.3 Å². The van der Waals surface area contributed by atoms with E-state index in [-0.39, 0.29) is 5.75 Å². The third-order valence-corrected chi connectivity index (χ3v) is 6.00. The third-order valence-electron chi connectivity index (χ3n) is 6.00. The number of nitrogens with zero attached hydrogens (tertiary/aromatic N) is 2. The van der Waals surface area contributed by atoms with E-state index in [0.29, 0.717) is 17.9 Å². The van der Waals surface area contributed by atoms with Crippen LogP contribution in [0, 0.1) is 0 Å². The largest absolute Gasteiger partial charge is 0.502 e. The lowest BCUT2D eigenvalue weighted by Crippen LogP contribution is -2.08. The van der Waals surface area contributed by atoms with Crippen molar-refractivity contribution in [1.29, 1.82) is 0 Å². The predicted molar refractivity (Wildman–Crippen MR) is 135 cm³/mol. The maximum atomic E-state index is 10.3. The summed E-state index contributed by atoms with van der Waals surface area (Å²) in [4.78, 5) is 7.16. The number of benzene rings is 3. The molecule has 5 nitrogen and oxygen atoms in total. The SMILES string of the molecule is COc1cc(C2=NC(CCc3ccccc3)=C(c3ccc(N(C)C)cc3)C2)cc(OC)c1O. The van der Waals surface area contributed by atoms with Crippen LogP contribution in [0.15, 0.2) is 77.4 Å². The van der Waals surface area contributed by atoms with Crippen LogP contribution in [-0.2, 0) is 6.42 Å². The molecule has 1 aliphatic rings. The molecule has 3 aromatic rings. The minimum atomic E-state index is -0.000829. The molecule has 1 N–H and O–H groups in total. The van der Waals surface area contributed by atoms with E-state index in [1.807, 2.05) is 32.3 Å². The molecule has 0 amide bonds. The Morgan fingerprint density at radius 3 is 2.06 bits per heavy atom. The van der Waals surface area contributed by atoms with Crippen molar-refractivity contribution in [3.63, 3.8) is 0 Å². The average molecular weight is 443 g/mol. The van der Waals surface area contributed by atoms with Gasteiger partial charge in [0.25, 0.3) is 0 Å². The molecule has 0 aliphatic carbocycles. The minimum absolute atomic E-state index is 0.000829. The highest BCUT2D eigenvalue weighted by Crippen LogP contribution is 2.40. The summed E-state index contributed by atoms with van der Waals surface area (Å²) in [7, 11) is 7.16. The molecule has 33 heavy (non-hydrogen) atoms. The molecule has 3 aromatic carbocycles. The van der Waals surface area contributed by atoms with Crippen molar-refractivity contribution < 1.29 is 14.6 Å². The van der Waals surface area contributed by atoms with Gasteiger partial charge in [0, 0.05) is 37.5 Å². The highest BCUT2D eigenvalue weighted by Gasteiger charge is 2.23. The van der Waals surface area contributed by atoms with Crippen LogP contribution in [-0.4, -0.2) is 39.1 Å². The molecular weight excluding hydrogens is 412 g/mol. The van der Waals surface area contributed by atoms with Crippen LogP contribution in [0.4, 0.5) is 5.69 Å². The zero-order valence-corrected chi connectivity index (χ0v) is 19.6. The van der Waals surface area contributed by atoms with Crippen LogP contribution in [0.2, 0.25) is 0 Å². The lowest BCUT2D eigenvalue weighted by Gasteiger charge is -2.14. The Balaban J connectivity index is 1.69. The lowest BCUT2D eigenvalue weighted by molar-refractivity contribution is 0.340. The zero-order chi connectivity index (χ0) is 23.4. The molecule has 0 atom stereocenters. The number of hydrogen-bond donors (Lipinski definition) is 1. The standard InChI is InChI=1S/C28H30N2O3/c1-30(2)22-13-11-20(12-14-22)23-18-25(21-16-26(32-3)28(31)27(17-21)33-4)29-24(23)15-10-19-8-6-5-7-9-19/h5-9,11-14,16-17,31H,10,15,18H2,1-4H3. The Morgan fingerprint density at radius 2 is 1.48 bits per heavy atom. The summed E-state index contributed by atoms with van der Waals surface area (Å²) >= 11 is 0. The average Bonchev–Trinajstić information content (AvgIpc) is 3.28. The number of allylic oxidation sites excluding steroid dienone is 2. The zero-order valence-electron chi connectivity index (χ0n) is 19.6. The molecule has 0 unspecified atom stereocenters. The van der Waals surface area contributed by atoms with Crippen LogP contribution >= 0.6 is 0 Å². The fourth-order valence-corrected chi connectivity index (χ4v) is 4.11. The molecule has 0 fully saturated rings. The van der Waals surface area contributed by atoms with E-state index in [9.17, 15) is 5.11 Å². The normalized spacial score (nSPS) is 13.2. The van der Waals surface area contributed by atoms with Crippen molar-refractivity contribution in [1.82, 2.24) is 0 Å². The molecule has 0 radical (unpaired) electrons. The van der Waals surface area contributed by atoms with Gasteiger partial charge in [-0.1, -0.05) is 42.5 Å². The number of methoxy groups -OCH3 is 2. The van der Waals surface area contributed by atoms with Crippen LogP contribution in [0.5, 0.6) is 17.2 Å². The first-order valence-corrected chi connectivity index (χ1v) is 11.1. The number of phenols is 1. The van der Waals surface area contributed by atoms with Gasteiger partial charge in [-0.05, 0) is 53.8 Å². The Bertz CT molecular complexity index is 1150. The molecule has 0 saturated heterocycles. The third kappa shape index (κ3) is 4.87. The van der Waals surface area contributed by atoms with E-state index in [2.05, 4.69) is 53.4 Å². The number of aryl methyl sites for hydroxylation is 1. The van der Waals surface area contributed by atoms with Gasteiger partial charge in [-0.15, -0.1) is 0 Å². The molecule has 1 aliphatic heterocycles. The fraction of sp³-hybridized carbons (Fsp3) is 0.250. The van der Waals surface area contributed by atoms with Gasteiger partial charge in [0.1, 0.15) is 0 Å². The van der Waals surface area contributed by atoms with E-state index in [1.165, 1.54) is 30.9 Å². The lowest BCUT2D eigenvalue weighted by atomic mass is 9.95. The van der Waals surface area contributed by atoms with E-state index in [4.69, 9.17) is 14.5 Å². The van der Waals surface area contributed by atoms with Crippen molar-refractivity contribution in [3.05, 3.63) is 89.1 Å². The summed E-state index contributed by atoms with van der Waals surface area (Å²) in [6.45, 7) is 0. The number of ether oxygens (including phenoxy) is 2. The minimum Gasteiger partial charge on any atom is -0.502 e. The number of hydrogen-bond acceptors (Lipinski definition) is 5. The molecule has 0 aromatic heterocycles. The smallest absolute Gasteiger partial charge is 0.200 e. The first-order valence-electron chi connectivity index (χ1n) is 11.1. The van der Waals surface area contributed by atoms with Gasteiger partial charge < -0.3 is 19.5 Å². The van der Waals surface area contributed by atoms with Gasteiger partial charge >= 0.3 is 0 Å². The summed E-state index contributed by atoms with van der Waals surface area (Å²) in [5.74, 6) is 0.752. The molecule has 0 bridgehead atoms.